The number of pyridine rings is 1. The minimum absolute atomic E-state index is 0.113. The van der Waals surface area contributed by atoms with Crippen LogP contribution in [0.15, 0.2) is 60.8 Å². The third-order valence-corrected chi connectivity index (χ3v) is 3.60. The molecule has 0 saturated carbocycles. The zero-order chi connectivity index (χ0) is 15.4. The summed E-state index contributed by atoms with van der Waals surface area (Å²) in [7, 11) is 1.94. The highest BCUT2D eigenvalue weighted by Gasteiger charge is 2.07. The highest BCUT2D eigenvalue weighted by atomic mass is 16.3. The van der Waals surface area contributed by atoms with E-state index in [0.717, 1.165) is 28.0 Å². The van der Waals surface area contributed by atoms with E-state index in [2.05, 4.69) is 22.4 Å². The van der Waals surface area contributed by atoms with Gasteiger partial charge >= 0.3 is 0 Å². The summed E-state index contributed by atoms with van der Waals surface area (Å²) >= 11 is 0. The molecule has 3 rings (SSSR count). The number of fused-ring (bicyclic) bond motifs is 1. The molecule has 1 heterocycles. The van der Waals surface area contributed by atoms with Crippen molar-refractivity contribution in [3.63, 3.8) is 0 Å². The van der Waals surface area contributed by atoms with Crippen molar-refractivity contribution in [1.29, 1.82) is 0 Å². The second-order valence-corrected chi connectivity index (χ2v) is 5.21. The first-order chi connectivity index (χ1) is 10.8. The van der Waals surface area contributed by atoms with Gasteiger partial charge in [-0.15, -0.1) is 0 Å². The number of benzene rings is 2. The first-order valence-electron chi connectivity index (χ1n) is 7.31. The molecule has 0 radical (unpaired) electrons. The lowest BCUT2D eigenvalue weighted by Gasteiger charge is -2.19. The quantitative estimate of drug-likeness (QED) is 0.757. The topological polar surface area (TPSA) is 48.4 Å². The maximum atomic E-state index is 9.10. The molecule has 0 fully saturated rings. The molecule has 112 valence electrons. The van der Waals surface area contributed by atoms with E-state index < -0.39 is 0 Å². The summed E-state index contributed by atoms with van der Waals surface area (Å²) < 4.78 is 0. The first kappa shape index (κ1) is 14.4. The third-order valence-electron chi connectivity index (χ3n) is 3.60. The van der Waals surface area contributed by atoms with Gasteiger partial charge in [0.2, 0.25) is 0 Å². The highest BCUT2D eigenvalue weighted by molar-refractivity contribution is 5.94. The molecule has 4 heteroatoms. The lowest BCUT2D eigenvalue weighted by molar-refractivity contribution is 0.304. The zero-order valence-electron chi connectivity index (χ0n) is 12.5. The summed E-state index contributed by atoms with van der Waals surface area (Å²) in [5.74, 6) is 0.887. The Balaban J connectivity index is 1.94. The van der Waals surface area contributed by atoms with Gasteiger partial charge in [0.25, 0.3) is 0 Å². The van der Waals surface area contributed by atoms with Crippen LogP contribution < -0.4 is 10.2 Å². The summed E-state index contributed by atoms with van der Waals surface area (Å²) in [6, 6.07) is 18.3. The fraction of sp³-hybridized carbons (Fsp3) is 0.167. The van der Waals surface area contributed by atoms with Crippen LogP contribution in [0.4, 0.5) is 17.2 Å². The van der Waals surface area contributed by atoms with Crippen LogP contribution in [-0.4, -0.2) is 30.3 Å². The highest BCUT2D eigenvalue weighted by Crippen LogP contribution is 2.27. The number of rotatable bonds is 5. The summed E-state index contributed by atoms with van der Waals surface area (Å²) in [6.45, 7) is 0.679. The fourth-order valence-electron chi connectivity index (χ4n) is 2.49. The van der Waals surface area contributed by atoms with E-state index in [1.165, 1.54) is 0 Å². The molecule has 1 aromatic heterocycles. The first-order valence-corrected chi connectivity index (χ1v) is 7.31. The van der Waals surface area contributed by atoms with Gasteiger partial charge in [-0.25, -0.2) is 4.98 Å². The predicted octanol–water partition coefficient (Wildman–Crippen LogP) is 3.41. The van der Waals surface area contributed by atoms with E-state index in [1.807, 2.05) is 54.4 Å². The molecule has 4 nitrogen and oxygen atoms in total. The molecule has 2 N–H and O–H groups in total. The van der Waals surface area contributed by atoms with Gasteiger partial charge in [-0.3, -0.25) is 0 Å². The van der Waals surface area contributed by atoms with Crippen molar-refractivity contribution in [3.8, 4) is 0 Å². The van der Waals surface area contributed by atoms with E-state index in [0.29, 0.717) is 6.54 Å². The smallest absolute Gasteiger partial charge is 0.136 e. The number of likely N-dealkylation sites (N-methyl/N-ethyl adjacent to an activating group) is 1. The predicted molar refractivity (Wildman–Crippen MR) is 91.8 cm³/mol. The number of anilines is 3. The van der Waals surface area contributed by atoms with Crippen molar-refractivity contribution in [2.75, 3.05) is 30.4 Å². The molecule has 0 saturated heterocycles. The summed E-state index contributed by atoms with van der Waals surface area (Å²) in [6.07, 6.45) is 1.80. The number of para-hydroxylation sites is 1. The third kappa shape index (κ3) is 3.02. The Morgan fingerprint density at radius 3 is 2.64 bits per heavy atom. The van der Waals surface area contributed by atoms with Crippen molar-refractivity contribution in [1.82, 2.24) is 4.98 Å². The average molecular weight is 293 g/mol. The molecule has 0 aliphatic heterocycles. The molecular formula is C18H19N3O. The Kier molecular flexibility index (Phi) is 4.21. The van der Waals surface area contributed by atoms with Crippen LogP contribution in [0.1, 0.15) is 0 Å². The Morgan fingerprint density at radius 2 is 1.86 bits per heavy atom. The van der Waals surface area contributed by atoms with Gasteiger partial charge < -0.3 is 15.3 Å². The lowest BCUT2D eigenvalue weighted by Crippen LogP contribution is -2.22. The van der Waals surface area contributed by atoms with Gasteiger partial charge in [0.1, 0.15) is 5.82 Å². The van der Waals surface area contributed by atoms with Gasteiger partial charge in [-0.1, -0.05) is 18.2 Å². The van der Waals surface area contributed by atoms with Crippen molar-refractivity contribution in [2.24, 2.45) is 0 Å². The number of nitrogens with zero attached hydrogens (tertiary/aromatic N) is 2. The second-order valence-electron chi connectivity index (χ2n) is 5.21. The standard InChI is InChI=1S/C18H19N3O/c1-21(11-12-22)18-17-8-7-16(13-14(17)9-10-19-18)20-15-5-3-2-4-6-15/h2-10,13,20,22H,11-12H2,1H3. The largest absolute Gasteiger partial charge is 0.395 e. The van der Waals surface area contributed by atoms with E-state index in [4.69, 9.17) is 5.11 Å². The molecule has 2 aromatic carbocycles. The van der Waals surface area contributed by atoms with Crippen molar-refractivity contribution < 1.29 is 5.11 Å². The maximum absolute atomic E-state index is 9.10. The van der Waals surface area contributed by atoms with Crippen molar-refractivity contribution >= 4 is 28.0 Å². The zero-order valence-corrected chi connectivity index (χ0v) is 12.5. The maximum Gasteiger partial charge on any atom is 0.136 e. The molecular weight excluding hydrogens is 274 g/mol. The molecule has 0 spiro atoms. The van der Waals surface area contributed by atoms with Crippen LogP contribution in [0.2, 0.25) is 0 Å². The average Bonchev–Trinajstić information content (AvgIpc) is 2.55. The number of hydrogen-bond donors (Lipinski definition) is 2. The fourth-order valence-corrected chi connectivity index (χ4v) is 2.49. The van der Waals surface area contributed by atoms with Crippen LogP contribution in [0, 0.1) is 0 Å². The van der Waals surface area contributed by atoms with E-state index in [9.17, 15) is 0 Å². The van der Waals surface area contributed by atoms with Gasteiger partial charge in [0, 0.05) is 36.6 Å². The van der Waals surface area contributed by atoms with E-state index in [-0.39, 0.29) is 6.61 Å². The number of aliphatic hydroxyl groups is 1. The van der Waals surface area contributed by atoms with Gasteiger partial charge in [0.15, 0.2) is 0 Å². The Morgan fingerprint density at radius 1 is 1.05 bits per heavy atom. The minimum Gasteiger partial charge on any atom is -0.395 e. The van der Waals surface area contributed by atoms with Gasteiger partial charge in [0.05, 0.1) is 6.61 Å². The number of aliphatic hydroxyl groups excluding tert-OH is 1. The molecule has 3 aromatic rings. The second kappa shape index (κ2) is 6.45. The summed E-state index contributed by atoms with van der Waals surface area (Å²) in [5, 5.41) is 14.7. The lowest BCUT2D eigenvalue weighted by atomic mass is 10.1. The monoisotopic (exact) mass is 293 g/mol. The summed E-state index contributed by atoms with van der Waals surface area (Å²) in [4.78, 5) is 6.40. The molecule has 0 unspecified atom stereocenters. The van der Waals surface area contributed by atoms with Crippen LogP contribution in [0.25, 0.3) is 10.8 Å². The molecule has 0 aliphatic rings. The van der Waals surface area contributed by atoms with Crippen molar-refractivity contribution in [3.05, 3.63) is 60.8 Å². The van der Waals surface area contributed by atoms with Crippen LogP contribution in [-0.2, 0) is 0 Å². The molecule has 0 bridgehead atoms. The molecule has 22 heavy (non-hydrogen) atoms. The number of hydrogen-bond acceptors (Lipinski definition) is 4. The molecule has 0 atom stereocenters. The molecule has 0 amide bonds. The molecule has 0 aliphatic carbocycles. The Bertz CT molecular complexity index is 759. The normalized spacial score (nSPS) is 10.6. The van der Waals surface area contributed by atoms with E-state index >= 15 is 0 Å². The van der Waals surface area contributed by atoms with Gasteiger partial charge in [-0.05, 0) is 41.8 Å². The minimum atomic E-state index is 0.113. The van der Waals surface area contributed by atoms with Crippen LogP contribution >= 0.6 is 0 Å². The SMILES string of the molecule is CN(CCO)c1nccc2cc(Nc3ccccc3)ccc12. The Hall–Kier alpha value is -2.59. The number of nitrogens with one attached hydrogen (secondary N) is 1. The van der Waals surface area contributed by atoms with Crippen molar-refractivity contribution in [2.45, 2.75) is 0 Å². The van der Waals surface area contributed by atoms with Crippen LogP contribution in [0.5, 0.6) is 0 Å². The number of aromatic nitrogens is 1. The van der Waals surface area contributed by atoms with E-state index in [1.54, 1.807) is 6.20 Å². The van der Waals surface area contributed by atoms with Crippen LogP contribution in [0.3, 0.4) is 0 Å². The Labute approximate surface area is 130 Å². The summed E-state index contributed by atoms with van der Waals surface area (Å²) in [5.41, 5.74) is 2.11. The van der Waals surface area contributed by atoms with Gasteiger partial charge in [-0.2, -0.15) is 0 Å².